The van der Waals surface area contributed by atoms with Gasteiger partial charge in [-0.1, -0.05) is 15.9 Å². The minimum absolute atomic E-state index is 0.131. The zero-order valence-electron chi connectivity index (χ0n) is 10.4. The Balaban J connectivity index is 2.39. The number of hydrogen-bond donors (Lipinski definition) is 0. The normalized spacial score (nSPS) is 15.9. The van der Waals surface area contributed by atoms with Crippen molar-refractivity contribution in [2.45, 2.75) is 31.1 Å². The van der Waals surface area contributed by atoms with Crippen LogP contribution in [0.3, 0.4) is 0 Å². The molecule has 0 atom stereocenters. The lowest BCUT2D eigenvalue weighted by molar-refractivity contribution is 0.115. The lowest BCUT2D eigenvalue weighted by atomic mass is 9.96. The van der Waals surface area contributed by atoms with E-state index in [0.717, 1.165) is 23.7 Å². The quantitative estimate of drug-likeness (QED) is 0.746. The van der Waals surface area contributed by atoms with E-state index in [2.05, 4.69) is 15.9 Å². The highest BCUT2D eigenvalue weighted by Gasteiger charge is 2.24. The first kappa shape index (κ1) is 14.9. The van der Waals surface area contributed by atoms with Crippen LogP contribution < -0.4 is 9.47 Å². The van der Waals surface area contributed by atoms with Crippen LogP contribution in [-0.2, 0) is 14.8 Å². The van der Waals surface area contributed by atoms with Crippen molar-refractivity contribution in [3.05, 3.63) is 22.2 Å². The van der Waals surface area contributed by atoms with Gasteiger partial charge in [-0.05, 0) is 31.4 Å². The lowest BCUT2D eigenvalue weighted by Gasteiger charge is -2.28. The number of hydrogen-bond acceptors (Lipinski definition) is 4. The largest absolute Gasteiger partial charge is 0.493 e. The van der Waals surface area contributed by atoms with Crippen LogP contribution in [0.4, 0.5) is 0 Å². The van der Waals surface area contributed by atoms with Crippen molar-refractivity contribution in [1.29, 1.82) is 0 Å². The molecule has 1 saturated carbocycles. The fourth-order valence-corrected chi connectivity index (χ4v) is 3.28. The molecule has 0 aliphatic heterocycles. The Labute approximate surface area is 125 Å². The number of rotatable bonds is 5. The topological polar surface area (TPSA) is 52.6 Å². The Morgan fingerprint density at radius 1 is 1.42 bits per heavy atom. The highest BCUT2D eigenvalue weighted by atomic mass is 79.9. The van der Waals surface area contributed by atoms with Gasteiger partial charge in [0.05, 0.1) is 19.0 Å². The molecule has 1 aromatic rings. The molecule has 19 heavy (non-hydrogen) atoms. The number of ether oxygens (including phenoxy) is 2. The van der Waals surface area contributed by atoms with E-state index in [1.807, 2.05) is 0 Å². The monoisotopic (exact) mass is 368 g/mol. The summed E-state index contributed by atoms with van der Waals surface area (Å²) in [6, 6.07) is 3.44. The smallest absolute Gasteiger partial charge is 0.236 e. The maximum absolute atomic E-state index is 11.3. The van der Waals surface area contributed by atoms with Gasteiger partial charge < -0.3 is 9.47 Å². The van der Waals surface area contributed by atoms with Gasteiger partial charge in [0, 0.05) is 20.7 Å². The molecule has 2 rings (SSSR count). The summed E-state index contributed by atoms with van der Waals surface area (Å²) in [6.45, 7) is 0. The predicted octanol–water partition coefficient (Wildman–Crippen LogP) is 3.46. The van der Waals surface area contributed by atoms with Crippen molar-refractivity contribution in [3.63, 3.8) is 0 Å². The van der Waals surface area contributed by atoms with E-state index in [0.29, 0.717) is 17.1 Å². The molecule has 1 aliphatic rings. The Morgan fingerprint density at radius 2 is 2.11 bits per heavy atom. The molecule has 0 spiro atoms. The van der Waals surface area contributed by atoms with Gasteiger partial charge in [-0.2, -0.15) is 0 Å². The van der Waals surface area contributed by atoms with Gasteiger partial charge in [0.25, 0.3) is 0 Å². The van der Waals surface area contributed by atoms with E-state index >= 15 is 0 Å². The zero-order chi connectivity index (χ0) is 14.0. The van der Waals surface area contributed by atoms with Gasteiger partial charge in [0.1, 0.15) is 0 Å². The molecule has 0 N–H and O–H groups in total. The highest BCUT2D eigenvalue weighted by Crippen LogP contribution is 2.39. The molecule has 106 valence electrons. The van der Waals surface area contributed by atoms with Crippen LogP contribution in [0.1, 0.15) is 24.8 Å². The lowest BCUT2D eigenvalue weighted by Crippen LogP contribution is -2.25. The maximum Gasteiger partial charge on any atom is 0.236 e. The fourth-order valence-electron chi connectivity index (χ4n) is 1.86. The molecule has 0 aromatic heterocycles. The van der Waals surface area contributed by atoms with Gasteiger partial charge in [0.15, 0.2) is 11.5 Å². The second kappa shape index (κ2) is 5.89. The minimum atomic E-state index is -3.65. The van der Waals surface area contributed by atoms with Gasteiger partial charge in [-0.3, -0.25) is 0 Å². The standard InChI is InChI=1S/C12H14BrClO4S/c1-17-11-6-9(13)5-8(7-19(14,15)16)12(11)18-10-3-2-4-10/h5-6,10H,2-4,7H2,1H3. The van der Waals surface area contributed by atoms with E-state index < -0.39 is 9.05 Å². The van der Waals surface area contributed by atoms with E-state index in [1.54, 1.807) is 12.1 Å². The molecule has 1 aliphatic carbocycles. The van der Waals surface area contributed by atoms with Crippen molar-refractivity contribution in [2.75, 3.05) is 7.11 Å². The average molecular weight is 370 g/mol. The first-order valence-electron chi connectivity index (χ1n) is 5.84. The molecule has 0 unspecified atom stereocenters. The number of methoxy groups -OCH3 is 1. The summed E-state index contributed by atoms with van der Waals surface area (Å²) < 4.78 is 34.4. The molecule has 0 radical (unpaired) electrons. The predicted molar refractivity (Wildman–Crippen MR) is 77.4 cm³/mol. The van der Waals surface area contributed by atoms with Crippen molar-refractivity contribution in [3.8, 4) is 11.5 Å². The summed E-state index contributed by atoms with van der Waals surface area (Å²) in [4.78, 5) is 0. The van der Waals surface area contributed by atoms with Crippen LogP contribution >= 0.6 is 26.6 Å². The molecule has 0 amide bonds. The van der Waals surface area contributed by atoms with Crippen molar-refractivity contribution in [2.24, 2.45) is 0 Å². The minimum Gasteiger partial charge on any atom is -0.493 e. The van der Waals surface area contributed by atoms with E-state index in [1.165, 1.54) is 7.11 Å². The summed E-state index contributed by atoms with van der Waals surface area (Å²) in [5.74, 6) is 0.697. The Kier molecular flexibility index (Phi) is 4.63. The third-order valence-corrected chi connectivity index (χ3v) is 4.42. The maximum atomic E-state index is 11.3. The van der Waals surface area contributed by atoms with Crippen LogP contribution in [0.2, 0.25) is 0 Å². The third-order valence-electron chi connectivity index (χ3n) is 2.98. The molecule has 7 heteroatoms. The summed E-state index contributed by atoms with van der Waals surface area (Å²) >= 11 is 3.32. The summed E-state index contributed by atoms with van der Waals surface area (Å²) in [6.07, 6.45) is 3.22. The Hall–Kier alpha value is -0.460. The molecule has 0 bridgehead atoms. The summed E-state index contributed by atoms with van der Waals surface area (Å²) in [7, 11) is 3.20. The summed E-state index contributed by atoms with van der Waals surface area (Å²) in [5.41, 5.74) is 0.508. The van der Waals surface area contributed by atoms with E-state index in [4.69, 9.17) is 20.2 Å². The molecule has 1 aromatic carbocycles. The summed E-state index contributed by atoms with van der Waals surface area (Å²) in [5, 5.41) is 0. The Bertz CT molecular complexity index is 569. The van der Waals surface area contributed by atoms with Gasteiger partial charge in [0.2, 0.25) is 9.05 Å². The van der Waals surface area contributed by atoms with E-state index in [-0.39, 0.29) is 11.9 Å². The third kappa shape index (κ3) is 4.00. The van der Waals surface area contributed by atoms with Gasteiger partial charge in [-0.25, -0.2) is 8.42 Å². The second-order valence-electron chi connectivity index (χ2n) is 4.45. The van der Waals surface area contributed by atoms with Gasteiger partial charge >= 0.3 is 0 Å². The number of benzene rings is 1. The van der Waals surface area contributed by atoms with Crippen LogP contribution in [0.25, 0.3) is 0 Å². The highest BCUT2D eigenvalue weighted by molar-refractivity contribution is 9.10. The van der Waals surface area contributed by atoms with Crippen LogP contribution in [-0.4, -0.2) is 21.6 Å². The molecule has 4 nitrogen and oxygen atoms in total. The van der Waals surface area contributed by atoms with Crippen molar-refractivity contribution < 1.29 is 17.9 Å². The zero-order valence-corrected chi connectivity index (χ0v) is 13.5. The fraction of sp³-hybridized carbons (Fsp3) is 0.500. The van der Waals surface area contributed by atoms with Crippen LogP contribution in [0, 0.1) is 0 Å². The average Bonchev–Trinajstić information content (AvgIpc) is 2.22. The Morgan fingerprint density at radius 3 is 2.58 bits per heavy atom. The van der Waals surface area contributed by atoms with Crippen LogP contribution in [0.15, 0.2) is 16.6 Å². The van der Waals surface area contributed by atoms with Gasteiger partial charge in [-0.15, -0.1) is 0 Å². The number of halogens is 2. The molecular formula is C12H14BrClO4S. The van der Waals surface area contributed by atoms with Crippen LogP contribution in [0.5, 0.6) is 11.5 Å². The first-order chi connectivity index (χ1) is 8.89. The first-order valence-corrected chi connectivity index (χ1v) is 9.11. The molecule has 1 fully saturated rings. The van der Waals surface area contributed by atoms with Crippen molar-refractivity contribution in [1.82, 2.24) is 0 Å². The molecule has 0 heterocycles. The second-order valence-corrected chi connectivity index (χ2v) is 8.14. The molecule has 0 saturated heterocycles. The van der Waals surface area contributed by atoms with Crippen molar-refractivity contribution >= 4 is 35.7 Å². The SMILES string of the molecule is COc1cc(Br)cc(CS(=O)(=O)Cl)c1OC1CCC1. The molecular weight excluding hydrogens is 356 g/mol. The van der Waals surface area contributed by atoms with E-state index in [9.17, 15) is 8.42 Å².